The molecule has 0 amide bonds. The second-order valence-corrected chi connectivity index (χ2v) is 9.61. The molecule has 5 aliphatic rings. The van der Waals surface area contributed by atoms with Crippen molar-refractivity contribution in [3.63, 3.8) is 0 Å². The third-order valence-corrected chi connectivity index (χ3v) is 8.48. The summed E-state index contributed by atoms with van der Waals surface area (Å²) in [4.78, 5) is 37.2. The molecule has 7 atom stereocenters. The molecule has 2 spiro atoms. The van der Waals surface area contributed by atoms with E-state index < -0.39 is 16.6 Å². The average Bonchev–Trinajstić information content (AvgIpc) is 3.21. The highest BCUT2D eigenvalue weighted by Crippen LogP contribution is 2.69. The van der Waals surface area contributed by atoms with Crippen molar-refractivity contribution in [3.8, 4) is 0 Å². The standard InChI is InChI=1S/C20H26O6/c1-11-8-12-15-17(2,5-4-13(21)18(15,3)16(23)25-12)20(11)7-6-19(26-20)9-14(22)24-10-19/h11-12,15H,4-10H2,1-3H3/t11-,12-,15+,17+,18+,19-,20-/m1/s1. The van der Waals surface area contributed by atoms with Crippen LogP contribution in [0.25, 0.3) is 0 Å². The molecule has 0 aromatic carbocycles. The maximum Gasteiger partial charge on any atom is 0.320 e. The Balaban J connectivity index is 1.61. The Bertz CT molecular complexity index is 732. The number of hydrogen-bond donors (Lipinski definition) is 0. The predicted octanol–water partition coefficient (Wildman–Crippen LogP) is 2.18. The zero-order chi connectivity index (χ0) is 18.5. The van der Waals surface area contributed by atoms with Crippen molar-refractivity contribution in [3.05, 3.63) is 0 Å². The highest BCUT2D eigenvalue weighted by Gasteiger charge is 2.76. The molecule has 6 nitrogen and oxygen atoms in total. The number of carbonyl (C=O) groups excluding carboxylic acids is 3. The summed E-state index contributed by atoms with van der Waals surface area (Å²) < 4.78 is 17.8. The molecule has 0 radical (unpaired) electrons. The largest absolute Gasteiger partial charge is 0.463 e. The minimum Gasteiger partial charge on any atom is -0.463 e. The second-order valence-electron chi connectivity index (χ2n) is 9.61. The van der Waals surface area contributed by atoms with Crippen LogP contribution in [0, 0.1) is 22.7 Å². The summed E-state index contributed by atoms with van der Waals surface area (Å²) in [6.45, 7) is 6.44. The summed E-state index contributed by atoms with van der Waals surface area (Å²) in [5.41, 5.74) is -2.38. The molecular formula is C20H26O6. The monoisotopic (exact) mass is 362 g/mol. The Kier molecular flexibility index (Phi) is 3.02. The summed E-state index contributed by atoms with van der Waals surface area (Å²) in [5, 5.41) is 0. The van der Waals surface area contributed by atoms with E-state index in [1.54, 1.807) is 6.92 Å². The van der Waals surface area contributed by atoms with Crippen LogP contribution in [0.5, 0.6) is 0 Å². The molecule has 0 unspecified atom stereocenters. The minimum absolute atomic E-state index is 0.00395. The van der Waals surface area contributed by atoms with Crippen LogP contribution in [-0.2, 0) is 28.6 Å². The first kappa shape index (κ1) is 16.7. The molecule has 0 N–H and O–H groups in total. The van der Waals surface area contributed by atoms with Gasteiger partial charge in [0.2, 0.25) is 0 Å². The number of carbonyl (C=O) groups is 3. The molecule has 142 valence electrons. The summed E-state index contributed by atoms with van der Waals surface area (Å²) >= 11 is 0. The molecule has 0 aromatic rings. The van der Waals surface area contributed by atoms with Crippen LogP contribution in [0.15, 0.2) is 0 Å². The SMILES string of the molecule is C[C@@H]1C[C@H]2OC(=O)[C@@]3(C)C(=O)CC[C@@](C)([C@H]23)[C@@]12CC[C@@]1(COC(=O)C1)O2. The van der Waals surface area contributed by atoms with E-state index in [1.807, 2.05) is 0 Å². The van der Waals surface area contributed by atoms with Gasteiger partial charge in [-0.1, -0.05) is 13.8 Å². The quantitative estimate of drug-likeness (QED) is 0.485. The molecule has 3 saturated heterocycles. The highest BCUT2D eigenvalue weighted by atomic mass is 16.6. The van der Waals surface area contributed by atoms with Crippen LogP contribution in [0.1, 0.15) is 59.3 Å². The van der Waals surface area contributed by atoms with E-state index in [1.165, 1.54) is 0 Å². The molecular weight excluding hydrogens is 336 g/mol. The van der Waals surface area contributed by atoms with Crippen LogP contribution in [0.3, 0.4) is 0 Å². The van der Waals surface area contributed by atoms with Crippen LogP contribution >= 0.6 is 0 Å². The fourth-order valence-corrected chi connectivity index (χ4v) is 7.16. The van der Waals surface area contributed by atoms with Gasteiger partial charge in [-0.2, -0.15) is 0 Å². The van der Waals surface area contributed by atoms with Crippen LogP contribution in [-0.4, -0.2) is 41.6 Å². The number of hydrogen-bond acceptors (Lipinski definition) is 6. The minimum atomic E-state index is -1.06. The number of fused-ring (bicyclic) bond motifs is 1. The molecule has 5 fully saturated rings. The first-order valence-corrected chi connectivity index (χ1v) is 9.77. The van der Waals surface area contributed by atoms with Gasteiger partial charge in [0.05, 0.1) is 12.0 Å². The first-order chi connectivity index (χ1) is 12.2. The van der Waals surface area contributed by atoms with Crippen molar-refractivity contribution >= 4 is 17.7 Å². The molecule has 2 aliphatic carbocycles. The number of ether oxygens (including phenoxy) is 3. The normalized spacial score (nSPS) is 55.3. The fraction of sp³-hybridized carbons (Fsp3) is 0.850. The van der Waals surface area contributed by atoms with Gasteiger partial charge in [0, 0.05) is 17.8 Å². The van der Waals surface area contributed by atoms with Crippen LogP contribution in [0.4, 0.5) is 0 Å². The van der Waals surface area contributed by atoms with Gasteiger partial charge < -0.3 is 14.2 Å². The number of ketones is 1. The van der Waals surface area contributed by atoms with Gasteiger partial charge in [-0.05, 0) is 38.5 Å². The van der Waals surface area contributed by atoms with Crippen molar-refractivity contribution in [1.29, 1.82) is 0 Å². The van der Waals surface area contributed by atoms with Gasteiger partial charge in [0.15, 0.2) is 0 Å². The molecule has 0 bridgehead atoms. The summed E-state index contributed by atoms with van der Waals surface area (Å²) in [5.74, 6) is -0.527. The lowest BCUT2D eigenvalue weighted by Gasteiger charge is -2.61. The Morgan fingerprint density at radius 2 is 1.85 bits per heavy atom. The van der Waals surface area contributed by atoms with Crippen molar-refractivity contribution in [2.45, 2.75) is 76.6 Å². The number of cyclic esters (lactones) is 1. The van der Waals surface area contributed by atoms with E-state index >= 15 is 0 Å². The van der Waals surface area contributed by atoms with Crippen molar-refractivity contribution < 1.29 is 28.6 Å². The molecule has 6 heteroatoms. The smallest absolute Gasteiger partial charge is 0.320 e. The van der Waals surface area contributed by atoms with Crippen molar-refractivity contribution in [1.82, 2.24) is 0 Å². The van der Waals surface area contributed by atoms with Crippen LogP contribution < -0.4 is 0 Å². The lowest BCUT2D eigenvalue weighted by Crippen LogP contribution is -2.67. The van der Waals surface area contributed by atoms with Gasteiger partial charge in [-0.15, -0.1) is 0 Å². The zero-order valence-corrected chi connectivity index (χ0v) is 15.6. The molecule has 26 heavy (non-hydrogen) atoms. The topological polar surface area (TPSA) is 78.9 Å². The van der Waals surface area contributed by atoms with Crippen LogP contribution in [0.2, 0.25) is 0 Å². The van der Waals surface area contributed by atoms with E-state index in [4.69, 9.17) is 14.2 Å². The van der Waals surface area contributed by atoms with E-state index in [0.29, 0.717) is 32.3 Å². The lowest BCUT2D eigenvalue weighted by molar-refractivity contribution is -0.247. The fourth-order valence-electron chi connectivity index (χ4n) is 7.16. The maximum absolute atomic E-state index is 12.8. The van der Waals surface area contributed by atoms with Crippen molar-refractivity contribution in [2.24, 2.45) is 22.7 Å². The summed E-state index contributed by atoms with van der Waals surface area (Å²) in [6.07, 6.45) is 3.50. The second kappa shape index (κ2) is 4.70. The molecule has 0 aromatic heterocycles. The third kappa shape index (κ3) is 1.66. The number of esters is 2. The van der Waals surface area contributed by atoms with Gasteiger partial charge in [-0.25, -0.2) is 0 Å². The third-order valence-electron chi connectivity index (χ3n) is 8.48. The van der Waals surface area contributed by atoms with Gasteiger partial charge in [0.1, 0.15) is 29.5 Å². The first-order valence-electron chi connectivity index (χ1n) is 9.77. The van der Waals surface area contributed by atoms with Gasteiger partial charge in [0.25, 0.3) is 0 Å². The molecule has 5 rings (SSSR count). The Morgan fingerprint density at radius 1 is 1.08 bits per heavy atom. The number of rotatable bonds is 0. The van der Waals surface area contributed by atoms with Gasteiger partial charge in [-0.3, -0.25) is 14.4 Å². The Morgan fingerprint density at radius 3 is 2.54 bits per heavy atom. The predicted molar refractivity (Wildman–Crippen MR) is 89.0 cm³/mol. The van der Waals surface area contributed by atoms with E-state index in [9.17, 15) is 14.4 Å². The molecule has 3 aliphatic heterocycles. The van der Waals surface area contributed by atoms with E-state index in [2.05, 4.69) is 13.8 Å². The number of Topliss-reactive ketones (excluding diaryl/α,β-unsaturated/α-hetero) is 1. The lowest BCUT2D eigenvalue weighted by atomic mass is 9.44. The summed E-state index contributed by atoms with van der Waals surface area (Å²) in [7, 11) is 0. The molecule has 2 saturated carbocycles. The summed E-state index contributed by atoms with van der Waals surface area (Å²) in [6, 6.07) is 0. The highest BCUT2D eigenvalue weighted by molar-refractivity contribution is 6.06. The Labute approximate surface area is 152 Å². The Hall–Kier alpha value is -1.43. The maximum atomic E-state index is 12.8. The molecule has 3 heterocycles. The van der Waals surface area contributed by atoms with E-state index in [-0.39, 0.29) is 41.1 Å². The van der Waals surface area contributed by atoms with Crippen molar-refractivity contribution in [2.75, 3.05) is 6.61 Å². The van der Waals surface area contributed by atoms with Gasteiger partial charge >= 0.3 is 11.9 Å². The average molecular weight is 362 g/mol. The zero-order valence-electron chi connectivity index (χ0n) is 15.6. The van der Waals surface area contributed by atoms with E-state index in [0.717, 1.165) is 12.8 Å².